The summed E-state index contributed by atoms with van der Waals surface area (Å²) in [6.07, 6.45) is 2.71. The Morgan fingerprint density at radius 1 is 1.39 bits per heavy atom. The summed E-state index contributed by atoms with van der Waals surface area (Å²) in [7, 11) is 6.09. The van der Waals surface area contributed by atoms with Crippen LogP contribution >= 0.6 is 0 Å². The van der Waals surface area contributed by atoms with E-state index in [1.165, 1.54) is 0 Å². The molecule has 0 aliphatic carbocycles. The number of oxime groups is 1. The molecule has 3 N–H and O–H groups in total. The Labute approximate surface area is 108 Å². The molecule has 0 aliphatic rings. The Hall–Kier alpha value is -1.82. The van der Waals surface area contributed by atoms with Gasteiger partial charge in [0, 0.05) is 25.4 Å². The van der Waals surface area contributed by atoms with Gasteiger partial charge in [-0.2, -0.15) is 0 Å². The van der Waals surface area contributed by atoms with Crippen molar-refractivity contribution in [1.82, 2.24) is 9.88 Å². The van der Waals surface area contributed by atoms with Gasteiger partial charge in [0.1, 0.15) is 5.82 Å². The van der Waals surface area contributed by atoms with Crippen molar-refractivity contribution in [1.29, 1.82) is 0 Å². The highest BCUT2D eigenvalue weighted by Gasteiger charge is 2.06. The Balaban J connectivity index is 2.65. The second-order valence-corrected chi connectivity index (χ2v) is 4.47. The molecular weight excluding hydrogens is 230 g/mol. The second kappa shape index (κ2) is 6.80. The maximum Gasteiger partial charge on any atom is 0.170 e. The molecule has 18 heavy (non-hydrogen) atoms. The number of amidine groups is 1. The Bertz CT molecular complexity index is 405. The fourth-order valence-corrected chi connectivity index (χ4v) is 1.58. The highest BCUT2D eigenvalue weighted by molar-refractivity contribution is 5.97. The molecule has 1 aromatic rings. The van der Waals surface area contributed by atoms with E-state index >= 15 is 0 Å². The van der Waals surface area contributed by atoms with Crippen molar-refractivity contribution in [2.45, 2.75) is 6.42 Å². The average molecular weight is 251 g/mol. The van der Waals surface area contributed by atoms with Crippen LogP contribution in [0.3, 0.4) is 0 Å². The largest absolute Gasteiger partial charge is 0.409 e. The zero-order valence-corrected chi connectivity index (χ0v) is 11.2. The van der Waals surface area contributed by atoms with Gasteiger partial charge >= 0.3 is 0 Å². The fourth-order valence-electron chi connectivity index (χ4n) is 1.58. The van der Waals surface area contributed by atoms with Crippen LogP contribution in [0.4, 0.5) is 5.82 Å². The zero-order valence-electron chi connectivity index (χ0n) is 11.2. The number of nitrogens with zero attached hydrogens (tertiary/aromatic N) is 4. The van der Waals surface area contributed by atoms with Crippen LogP contribution in [-0.4, -0.2) is 55.2 Å². The third kappa shape index (κ3) is 4.21. The van der Waals surface area contributed by atoms with E-state index in [4.69, 9.17) is 10.9 Å². The summed E-state index contributed by atoms with van der Waals surface area (Å²) in [4.78, 5) is 8.47. The van der Waals surface area contributed by atoms with Crippen molar-refractivity contribution in [2.75, 3.05) is 39.1 Å². The molecule has 0 fully saturated rings. The van der Waals surface area contributed by atoms with Crippen LogP contribution in [0.2, 0.25) is 0 Å². The molecule has 1 aromatic heterocycles. The quantitative estimate of drug-likeness (QED) is 0.334. The van der Waals surface area contributed by atoms with E-state index in [0.717, 1.165) is 25.3 Å². The van der Waals surface area contributed by atoms with Crippen LogP contribution in [0.1, 0.15) is 12.0 Å². The van der Waals surface area contributed by atoms with Gasteiger partial charge in [-0.15, -0.1) is 0 Å². The number of nitrogens with two attached hydrogens (primary N) is 1. The Morgan fingerprint density at radius 2 is 2.11 bits per heavy atom. The van der Waals surface area contributed by atoms with Crippen molar-refractivity contribution in [3.05, 3.63) is 23.9 Å². The van der Waals surface area contributed by atoms with E-state index in [1.54, 1.807) is 12.3 Å². The van der Waals surface area contributed by atoms with Gasteiger partial charge in [0.25, 0.3) is 0 Å². The molecule has 0 aliphatic heterocycles. The SMILES string of the molecule is CN(C)CCCN(C)c1cc(C(N)=NO)ccn1. The highest BCUT2D eigenvalue weighted by Crippen LogP contribution is 2.11. The predicted octanol–water partition coefficient (Wildman–Crippen LogP) is 0.564. The van der Waals surface area contributed by atoms with Crippen molar-refractivity contribution in [2.24, 2.45) is 10.9 Å². The summed E-state index contributed by atoms with van der Waals surface area (Å²) in [6.45, 7) is 1.94. The maximum absolute atomic E-state index is 8.64. The molecule has 0 amide bonds. The van der Waals surface area contributed by atoms with Gasteiger partial charge in [-0.1, -0.05) is 5.16 Å². The van der Waals surface area contributed by atoms with Gasteiger partial charge in [0.15, 0.2) is 5.84 Å². The van der Waals surface area contributed by atoms with Crippen molar-refractivity contribution >= 4 is 11.7 Å². The smallest absolute Gasteiger partial charge is 0.170 e. The van der Waals surface area contributed by atoms with Gasteiger partial charge in [-0.25, -0.2) is 4.98 Å². The summed E-state index contributed by atoms with van der Waals surface area (Å²) >= 11 is 0. The number of aromatic nitrogens is 1. The Kier molecular flexibility index (Phi) is 5.38. The third-order valence-corrected chi connectivity index (χ3v) is 2.64. The maximum atomic E-state index is 8.64. The average Bonchev–Trinajstić information content (AvgIpc) is 2.37. The number of hydrogen-bond acceptors (Lipinski definition) is 5. The van der Waals surface area contributed by atoms with Gasteiger partial charge in [0.05, 0.1) is 0 Å². The standard InChI is InChI=1S/C12H21N5O/c1-16(2)7-4-8-17(3)11-9-10(5-6-14-11)12(13)15-18/h5-6,9,18H,4,7-8H2,1-3H3,(H2,13,15). The molecule has 0 unspecified atom stereocenters. The van der Waals surface area contributed by atoms with Crippen molar-refractivity contribution in [3.8, 4) is 0 Å². The lowest BCUT2D eigenvalue weighted by Gasteiger charge is -2.19. The first kappa shape index (κ1) is 14.2. The van der Waals surface area contributed by atoms with E-state index in [-0.39, 0.29) is 5.84 Å². The first-order valence-corrected chi connectivity index (χ1v) is 5.84. The van der Waals surface area contributed by atoms with E-state index in [2.05, 4.69) is 34.0 Å². The molecule has 0 radical (unpaired) electrons. The summed E-state index contributed by atoms with van der Waals surface area (Å²) in [5.41, 5.74) is 6.22. The van der Waals surface area contributed by atoms with E-state index in [9.17, 15) is 0 Å². The lowest BCUT2D eigenvalue weighted by Crippen LogP contribution is -2.24. The minimum Gasteiger partial charge on any atom is -0.409 e. The summed E-state index contributed by atoms with van der Waals surface area (Å²) < 4.78 is 0. The van der Waals surface area contributed by atoms with Gasteiger partial charge in [0.2, 0.25) is 0 Å². The van der Waals surface area contributed by atoms with Gasteiger partial charge < -0.3 is 20.7 Å². The summed E-state index contributed by atoms with van der Waals surface area (Å²) in [5, 5.41) is 11.6. The predicted molar refractivity (Wildman–Crippen MR) is 73.2 cm³/mol. The molecule has 6 heteroatoms. The molecule has 0 saturated carbocycles. The molecule has 6 nitrogen and oxygen atoms in total. The first-order chi connectivity index (χ1) is 8.54. The number of hydrogen-bond donors (Lipinski definition) is 2. The molecule has 1 rings (SSSR count). The molecule has 0 aromatic carbocycles. The molecule has 0 atom stereocenters. The number of anilines is 1. The van der Waals surface area contributed by atoms with E-state index in [1.807, 2.05) is 13.1 Å². The minimum atomic E-state index is 0.0975. The van der Waals surface area contributed by atoms with Crippen LogP contribution in [0.15, 0.2) is 23.5 Å². The minimum absolute atomic E-state index is 0.0975. The fraction of sp³-hybridized carbons (Fsp3) is 0.500. The molecule has 1 heterocycles. The number of pyridine rings is 1. The topological polar surface area (TPSA) is 78.0 Å². The molecule has 100 valence electrons. The zero-order chi connectivity index (χ0) is 13.5. The van der Waals surface area contributed by atoms with Crippen LogP contribution < -0.4 is 10.6 Å². The monoisotopic (exact) mass is 251 g/mol. The Morgan fingerprint density at radius 3 is 2.72 bits per heavy atom. The van der Waals surface area contributed by atoms with Crippen LogP contribution in [0.25, 0.3) is 0 Å². The lowest BCUT2D eigenvalue weighted by molar-refractivity contribution is 0.318. The molecule has 0 bridgehead atoms. The van der Waals surface area contributed by atoms with Crippen molar-refractivity contribution < 1.29 is 5.21 Å². The lowest BCUT2D eigenvalue weighted by atomic mass is 10.2. The summed E-state index contributed by atoms with van der Waals surface area (Å²) in [5.74, 6) is 0.915. The van der Waals surface area contributed by atoms with Crippen LogP contribution in [-0.2, 0) is 0 Å². The second-order valence-electron chi connectivity index (χ2n) is 4.47. The summed E-state index contributed by atoms with van der Waals surface area (Å²) in [6, 6.07) is 3.52. The van der Waals surface area contributed by atoms with Crippen molar-refractivity contribution in [3.63, 3.8) is 0 Å². The van der Waals surface area contributed by atoms with Crippen LogP contribution in [0, 0.1) is 0 Å². The van der Waals surface area contributed by atoms with Crippen LogP contribution in [0.5, 0.6) is 0 Å². The molecule has 0 spiro atoms. The van der Waals surface area contributed by atoms with E-state index in [0.29, 0.717) is 5.56 Å². The molecular formula is C12H21N5O. The molecule has 0 saturated heterocycles. The first-order valence-electron chi connectivity index (χ1n) is 5.84. The van der Waals surface area contributed by atoms with Gasteiger partial charge in [-0.05, 0) is 39.2 Å². The van der Waals surface area contributed by atoms with Gasteiger partial charge in [-0.3, -0.25) is 0 Å². The highest BCUT2D eigenvalue weighted by atomic mass is 16.4. The third-order valence-electron chi connectivity index (χ3n) is 2.64. The number of rotatable bonds is 6. The normalized spacial score (nSPS) is 11.9. The van der Waals surface area contributed by atoms with E-state index < -0.39 is 0 Å².